The highest BCUT2D eigenvalue weighted by Crippen LogP contribution is 2.33. The fourth-order valence-corrected chi connectivity index (χ4v) is 3.06. The molecule has 0 bridgehead atoms. The van der Waals surface area contributed by atoms with Gasteiger partial charge in [-0.05, 0) is 52.5 Å². The molecule has 0 amide bonds. The Hall–Kier alpha value is -2.78. The molecule has 9 heteroatoms. The minimum Gasteiger partial charge on any atom is -0.768 e. The smallest absolute Gasteiger partial charge is 0.416 e. The van der Waals surface area contributed by atoms with Crippen molar-refractivity contribution in [2.45, 2.75) is 11.1 Å². The van der Waals surface area contributed by atoms with E-state index in [1.807, 2.05) is 0 Å². The number of hydrogen-bond acceptors (Lipinski definition) is 4. The van der Waals surface area contributed by atoms with Crippen LogP contribution in [0.5, 0.6) is 0 Å². The normalized spacial score (nSPS) is 12.9. The molecule has 1 heterocycles. The van der Waals surface area contributed by atoms with E-state index < -0.39 is 22.8 Å². The van der Waals surface area contributed by atoms with Crippen LogP contribution < -0.4 is 5.49 Å². The number of rotatable bonds is 3. The first-order valence-corrected chi connectivity index (χ1v) is 8.31. The molecule has 5 nitrogen and oxygen atoms in total. The Morgan fingerprint density at radius 1 is 1.08 bits per heavy atom. The van der Waals surface area contributed by atoms with Crippen molar-refractivity contribution in [2.75, 3.05) is 0 Å². The minimum atomic E-state index is -4.45. The van der Waals surface area contributed by atoms with Crippen LogP contribution in [0.25, 0.3) is 22.0 Å². The third kappa shape index (κ3) is 3.18. The zero-order valence-corrected chi connectivity index (χ0v) is 13.8. The second-order valence-corrected chi connectivity index (χ2v) is 6.37. The van der Waals surface area contributed by atoms with Crippen LogP contribution in [-0.2, 0) is 17.3 Å². The zero-order valence-electron chi connectivity index (χ0n) is 13.0. The van der Waals surface area contributed by atoms with Crippen LogP contribution in [0.1, 0.15) is 5.56 Å². The molecule has 0 spiro atoms. The largest absolute Gasteiger partial charge is 0.768 e. The van der Waals surface area contributed by atoms with E-state index in [2.05, 4.69) is 0 Å². The van der Waals surface area contributed by atoms with Gasteiger partial charge < -0.3 is 4.55 Å². The van der Waals surface area contributed by atoms with E-state index in [0.29, 0.717) is 22.0 Å². The molecule has 3 rings (SSSR count). The monoisotopic (exact) mass is 378 g/mol. The summed E-state index contributed by atoms with van der Waals surface area (Å²) in [7, 11) is 0. The first-order valence-electron chi connectivity index (χ1n) is 7.24. The summed E-state index contributed by atoms with van der Waals surface area (Å²) in [5.41, 5.74) is 0.330. The average Bonchev–Trinajstić information content (AvgIpc) is 2.60. The Balaban J connectivity index is 2.28. The van der Waals surface area contributed by atoms with Gasteiger partial charge in [0.1, 0.15) is 5.49 Å². The highest BCUT2D eigenvalue weighted by molar-refractivity contribution is 7.79. The molecule has 1 aromatic heterocycles. The van der Waals surface area contributed by atoms with E-state index in [0.717, 1.165) is 18.5 Å². The van der Waals surface area contributed by atoms with Gasteiger partial charge in [-0.3, -0.25) is 19.6 Å². The van der Waals surface area contributed by atoms with Crippen LogP contribution in [0.15, 0.2) is 53.4 Å². The van der Waals surface area contributed by atoms with Gasteiger partial charge in [-0.25, -0.2) is 0 Å². The molecule has 0 saturated carbocycles. The topological polar surface area (TPSA) is 92.8 Å². The van der Waals surface area contributed by atoms with E-state index >= 15 is 0 Å². The van der Waals surface area contributed by atoms with Crippen molar-refractivity contribution >= 4 is 28.3 Å². The number of fused-ring (bicyclic) bond motifs is 1. The highest BCUT2D eigenvalue weighted by Gasteiger charge is 2.30. The first-order chi connectivity index (χ1) is 12.2. The third-order valence-corrected chi connectivity index (χ3v) is 4.54. The van der Waals surface area contributed by atoms with Crippen LogP contribution >= 0.6 is 0 Å². The van der Waals surface area contributed by atoms with Gasteiger partial charge in [-0.1, -0.05) is 18.2 Å². The summed E-state index contributed by atoms with van der Waals surface area (Å²) in [5, 5.41) is 16.0. The molecule has 2 aromatic carbocycles. The SMILES string of the molecule is N=Cn1c(=N)cc(-c2ccc(C(F)(F)F)cc2)c2ccc(S(=O)[O-])cc21. The van der Waals surface area contributed by atoms with Crippen molar-refractivity contribution < 1.29 is 21.9 Å². The number of halogens is 3. The van der Waals surface area contributed by atoms with E-state index in [4.69, 9.17) is 10.8 Å². The molecule has 0 fully saturated rings. The number of aromatic nitrogens is 1. The lowest BCUT2D eigenvalue weighted by Crippen LogP contribution is -2.19. The quantitative estimate of drug-likeness (QED) is 0.415. The Morgan fingerprint density at radius 3 is 2.27 bits per heavy atom. The second kappa shape index (κ2) is 6.50. The van der Waals surface area contributed by atoms with Crippen LogP contribution in [0, 0.1) is 10.8 Å². The predicted octanol–water partition coefficient (Wildman–Crippen LogP) is 3.50. The first kappa shape index (κ1) is 18.0. The second-order valence-electron chi connectivity index (χ2n) is 5.43. The van der Waals surface area contributed by atoms with Crippen molar-refractivity contribution in [3.05, 3.63) is 59.6 Å². The Morgan fingerprint density at radius 2 is 1.73 bits per heavy atom. The predicted molar refractivity (Wildman–Crippen MR) is 89.6 cm³/mol. The van der Waals surface area contributed by atoms with Crippen molar-refractivity contribution in [2.24, 2.45) is 0 Å². The van der Waals surface area contributed by atoms with Gasteiger partial charge in [-0.15, -0.1) is 0 Å². The van der Waals surface area contributed by atoms with Gasteiger partial charge in [0.15, 0.2) is 0 Å². The maximum atomic E-state index is 12.7. The van der Waals surface area contributed by atoms with Crippen molar-refractivity contribution in [1.29, 1.82) is 10.8 Å². The molecular formula is C17H11F3N3O2S-. The number of hydrogen-bond donors (Lipinski definition) is 2. The van der Waals surface area contributed by atoms with Gasteiger partial charge in [0.25, 0.3) is 0 Å². The van der Waals surface area contributed by atoms with Crippen LogP contribution in [0.2, 0.25) is 0 Å². The fourth-order valence-electron chi connectivity index (χ4n) is 2.67. The molecule has 0 aliphatic carbocycles. The summed E-state index contributed by atoms with van der Waals surface area (Å²) in [6.45, 7) is 0. The summed E-state index contributed by atoms with van der Waals surface area (Å²) in [5.74, 6) is 0. The molecule has 0 aliphatic heterocycles. The average molecular weight is 378 g/mol. The molecular weight excluding hydrogens is 367 g/mol. The van der Waals surface area contributed by atoms with Crippen molar-refractivity contribution in [3.63, 3.8) is 0 Å². The number of pyridine rings is 1. The lowest BCUT2D eigenvalue weighted by atomic mass is 9.99. The van der Waals surface area contributed by atoms with Crippen LogP contribution in [-0.4, -0.2) is 19.7 Å². The minimum absolute atomic E-state index is 0.0166. The summed E-state index contributed by atoms with van der Waals surface area (Å²) < 4.78 is 61.8. The molecule has 0 radical (unpaired) electrons. The van der Waals surface area contributed by atoms with Crippen molar-refractivity contribution in [1.82, 2.24) is 4.57 Å². The molecule has 3 aromatic rings. The van der Waals surface area contributed by atoms with E-state index in [1.54, 1.807) is 0 Å². The van der Waals surface area contributed by atoms with Gasteiger partial charge in [0.2, 0.25) is 0 Å². The van der Waals surface area contributed by atoms with E-state index in [-0.39, 0.29) is 10.4 Å². The molecule has 2 N–H and O–H groups in total. The number of nitrogens with zero attached hydrogens (tertiary/aromatic N) is 1. The van der Waals surface area contributed by atoms with Gasteiger partial charge in [-0.2, -0.15) is 13.2 Å². The van der Waals surface area contributed by atoms with E-state index in [1.165, 1.54) is 41.0 Å². The summed E-state index contributed by atoms with van der Waals surface area (Å²) >= 11 is -2.49. The number of alkyl halides is 3. The maximum absolute atomic E-state index is 12.7. The third-order valence-electron chi connectivity index (χ3n) is 3.90. The Labute approximate surface area is 148 Å². The lowest BCUT2D eigenvalue weighted by molar-refractivity contribution is -0.137. The number of nitrogens with one attached hydrogen (secondary N) is 2. The maximum Gasteiger partial charge on any atom is 0.416 e. The van der Waals surface area contributed by atoms with Gasteiger partial charge >= 0.3 is 6.18 Å². The lowest BCUT2D eigenvalue weighted by Gasteiger charge is -2.14. The Bertz CT molecular complexity index is 1090. The van der Waals surface area contributed by atoms with Crippen LogP contribution in [0.3, 0.4) is 0 Å². The van der Waals surface area contributed by atoms with Gasteiger partial charge in [0.05, 0.1) is 17.4 Å². The standard InChI is InChI=1S/C17H12F3N3O2S/c18-17(19,20)11-3-1-10(2-4-11)14-8-16(22)23(9-21)15-7-12(26(24)25)5-6-13(14)15/h1-9,21-22H,(H,24,25)/p-1. The fraction of sp³-hybridized carbons (Fsp3) is 0.0588. The molecule has 0 saturated heterocycles. The molecule has 1 unspecified atom stereocenters. The highest BCUT2D eigenvalue weighted by atomic mass is 32.2. The molecule has 1 atom stereocenters. The van der Waals surface area contributed by atoms with Crippen LogP contribution in [0.4, 0.5) is 13.2 Å². The van der Waals surface area contributed by atoms with Crippen molar-refractivity contribution in [3.8, 4) is 11.1 Å². The number of benzene rings is 2. The summed E-state index contributed by atoms with van der Waals surface area (Å²) in [6.07, 6.45) is -3.58. The zero-order chi connectivity index (χ0) is 19.1. The Kier molecular flexibility index (Phi) is 4.51. The molecule has 134 valence electrons. The molecule has 26 heavy (non-hydrogen) atoms. The van der Waals surface area contributed by atoms with E-state index in [9.17, 15) is 21.9 Å². The summed E-state index contributed by atoms with van der Waals surface area (Å²) in [6, 6.07) is 10.1. The summed E-state index contributed by atoms with van der Waals surface area (Å²) in [4.78, 5) is -0.0166. The van der Waals surface area contributed by atoms with Gasteiger partial charge in [0, 0.05) is 10.3 Å². The molecule has 0 aliphatic rings.